The van der Waals surface area contributed by atoms with Crippen molar-refractivity contribution in [3.8, 4) is 0 Å². The number of hydrogen-bond donors (Lipinski definition) is 1. The zero-order chi connectivity index (χ0) is 11.5. The van der Waals surface area contributed by atoms with Gasteiger partial charge in [-0.3, -0.25) is 10.0 Å². The third-order valence-corrected chi connectivity index (χ3v) is 2.04. The molecule has 0 unspecified atom stereocenters. The van der Waals surface area contributed by atoms with E-state index >= 15 is 0 Å². The largest absolute Gasteiger partial charge is 0.436 e. The molecule has 1 N–H and O–H groups in total. The Morgan fingerprint density at radius 1 is 1.47 bits per heavy atom. The Balaban J connectivity index is 2.12. The maximum atomic E-state index is 11.3. The van der Waals surface area contributed by atoms with E-state index < -0.39 is 5.41 Å². The van der Waals surface area contributed by atoms with Crippen molar-refractivity contribution in [2.75, 3.05) is 19.9 Å². The van der Waals surface area contributed by atoms with Crippen molar-refractivity contribution in [2.24, 2.45) is 5.41 Å². The van der Waals surface area contributed by atoms with Gasteiger partial charge in [0.05, 0.1) is 5.41 Å². The summed E-state index contributed by atoms with van der Waals surface area (Å²) in [6.45, 7) is 6.49. The molecule has 1 rings (SSSR count). The van der Waals surface area contributed by atoms with Crippen LogP contribution in [-0.2, 0) is 14.4 Å². The molecule has 6 nitrogen and oxygen atoms in total. The topological polar surface area (TPSA) is 62.2 Å². The van der Waals surface area contributed by atoms with E-state index in [4.69, 9.17) is 9.57 Å². The van der Waals surface area contributed by atoms with Gasteiger partial charge in [0.15, 0.2) is 0 Å². The zero-order valence-corrected chi connectivity index (χ0v) is 9.39. The molecule has 15 heavy (non-hydrogen) atoms. The van der Waals surface area contributed by atoms with Crippen molar-refractivity contribution in [1.29, 1.82) is 0 Å². The van der Waals surface area contributed by atoms with Crippen molar-refractivity contribution in [1.82, 2.24) is 10.3 Å². The van der Waals surface area contributed by atoms with Gasteiger partial charge in [-0.25, -0.2) is 4.84 Å². The first-order valence-corrected chi connectivity index (χ1v) is 4.95. The summed E-state index contributed by atoms with van der Waals surface area (Å²) in [6, 6.07) is 0. The Morgan fingerprint density at radius 3 is 2.47 bits per heavy atom. The predicted octanol–water partition coefficient (Wildman–Crippen LogP) is 0.777. The molecule has 1 heterocycles. The number of esters is 1. The van der Waals surface area contributed by atoms with Gasteiger partial charge in [0, 0.05) is 18.4 Å². The smallest absolute Gasteiger partial charge is 0.313 e. The van der Waals surface area contributed by atoms with Gasteiger partial charge in [0.1, 0.15) is 0 Å². The molecule has 1 fully saturated rings. The number of carbonyl (C=O) groups is 1. The highest BCUT2D eigenvalue weighted by atomic mass is 17.0. The number of carbonyl (C=O) groups excluding carboxylic acids is 1. The predicted molar refractivity (Wildman–Crippen MR) is 51.3 cm³/mol. The Morgan fingerprint density at radius 2 is 2.07 bits per heavy atom. The highest BCUT2D eigenvalue weighted by molar-refractivity contribution is 5.75. The Hall–Kier alpha value is -0.690. The van der Waals surface area contributed by atoms with E-state index in [1.54, 1.807) is 25.8 Å². The Bertz CT molecular complexity index is 223. The Labute approximate surface area is 89.2 Å². The number of ether oxygens (including phenoxy) is 1. The normalized spacial score (nSPS) is 17.7. The first-order chi connectivity index (χ1) is 6.91. The second-order valence-electron chi connectivity index (χ2n) is 4.49. The van der Waals surface area contributed by atoms with Gasteiger partial charge in [0.25, 0.3) is 0 Å². The van der Waals surface area contributed by atoms with Gasteiger partial charge in [-0.05, 0) is 27.2 Å². The van der Waals surface area contributed by atoms with Crippen LogP contribution in [0.25, 0.3) is 0 Å². The van der Waals surface area contributed by atoms with Crippen molar-refractivity contribution >= 4 is 5.97 Å². The van der Waals surface area contributed by atoms with Crippen LogP contribution in [0.4, 0.5) is 0 Å². The summed E-state index contributed by atoms with van der Waals surface area (Å²) >= 11 is 0. The second-order valence-corrected chi connectivity index (χ2v) is 4.49. The van der Waals surface area contributed by atoms with E-state index in [9.17, 15) is 10.0 Å². The molecule has 0 aromatic rings. The van der Waals surface area contributed by atoms with Gasteiger partial charge in [-0.2, -0.15) is 5.01 Å². The van der Waals surface area contributed by atoms with Crippen LogP contribution in [0.5, 0.6) is 0 Å². The lowest BCUT2D eigenvalue weighted by atomic mass is 9.98. The van der Waals surface area contributed by atoms with E-state index in [0.29, 0.717) is 5.34 Å². The van der Waals surface area contributed by atoms with Gasteiger partial charge in [-0.1, -0.05) is 0 Å². The summed E-state index contributed by atoms with van der Waals surface area (Å²) in [5.41, 5.74) is -0.555. The summed E-state index contributed by atoms with van der Waals surface area (Å²) in [5, 5.41) is 11.4. The maximum absolute atomic E-state index is 11.3. The van der Waals surface area contributed by atoms with Crippen LogP contribution in [-0.4, -0.2) is 41.4 Å². The van der Waals surface area contributed by atoms with E-state index in [2.05, 4.69) is 0 Å². The van der Waals surface area contributed by atoms with Gasteiger partial charge < -0.3 is 4.74 Å². The minimum absolute atomic E-state index is 0.275. The third kappa shape index (κ3) is 3.75. The maximum Gasteiger partial charge on any atom is 0.313 e. The van der Waals surface area contributed by atoms with Crippen molar-refractivity contribution in [3.63, 3.8) is 0 Å². The molecule has 1 aliphatic rings. The van der Waals surface area contributed by atoms with E-state index in [0.717, 1.165) is 19.5 Å². The van der Waals surface area contributed by atoms with Crippen LogP contribution in [0.2, 0.25) is 0 Å². The quantitative estimate of drug-likeness (QED) is 0.427. The van der Waals surface area contributed by atoms with Gasteiger partial charge >= 0.3 is 5.97 Å². The lowest BCUT2D eigenvalue weighted by molar-refractivity contribution is -0.466. The van der Waals surface area contributed by atoms with Gasteiger partial charge in [-0.15, -0.1) is 0 Å². The van der Waals surface area contributed by atoms with Crippen LogP contribution in [0.1, 0.15) is 27.2 Å². The first kappa shape index (κ1) is 12.4. The van der Waals surface area contributed by atoms with Crippen LogP contribution in [0, 0.1) is 5.41 Å². The molecule has 1 aliphatic heterocycles. The molecule has 6 heteroatoms. The fraction of sp³-hybridized carbons (Fsp3) is 0.889. The van der Waals surface area contributed by atoms with Crippen LogP contribution < -0.4 is 0 Å². The minimum Gasteiger partial charge on any atom is -0.436 e. The third-order valence-electron chi connectivity index (χ3n) is 2.04. The molecule has 0 aliphatic carbocycles. The fourth-order valence-electron chi connectivity index (χ4n) is 0.896. The van der Waals surface area contributed by atoms with E-state index in [1.807, 2.05) is 0 Å². The summed E-state index contributed by atoms with van der Waals surface area (Å²) in [5.74, 6) is -0.362. The monoisotopic (exact) mass is 218 g/mol. The first-order valence-electron chi connectivity index (χ1n) is 4.95. The second kappa shape index (κ2) is 4.89. The van der Waals surface area contributed by atoms with Crippen LogP contribution in [0.15, 0.2) is 0 Å². The average Bonchev–Trinajstić information content (AvgIpc) is 1.98. The number of hydrogen-bond acceptors (Lipinski definition) is 6. The summed E-state index contributed by atoms with van der Waals surface area (Å²) in [7, 11) is 0. The molecule has 0 amide bonds. The summed E-state index contributed by atoms with van der Waals surface area (Å²) in [6.07, 6.45) is 1.03. The highest BCUT2D eigenvalue weighted by Gasteiger charge is 2.25. The molecule has 0 radical (unpaired) electrons. The SMILES string of the molecule is CC(C)(C)C(=O)OCON(O)N1CCC1. The molecule has 1 saturated heterocycles. The highest BCUT2D eigenvalue weighted by Crippen LogP contribution is 2.15. The molecule has 0 saturated carbocycles. The number of nitrogens with zero attached hydrogens (tertiary/aromatic N) is 2. The molecule has 0 bridgehead atoms. The van der Waals surface area contributed by atoms with E-state index in [-0.39, 0.29) is 12.8 Å². The number of hydrazine groups is 1. The van der Waals surface area contributed by atoms with Crippen molar-refractivity contribution in [2.45, 2.75) is 27.2 Å². The molecule has 88 valence electrons. The van der Waals surface area contributed by atoms with Crippen molar-refractivity contribution in [3.05, 3.63) is 0 Å². The van der Waals surface area contributed by atoms with Crippen LogP contribution >= 0.6 is 0 Å². The van der Waals surface area contributed by atoms with Gasteiger partial charge in [0.2, 0.25) is 6.79 Å². The molecular weight excluding hydrogens is 200 g/mol. The van der Waals surface area contributed by atoms with E-state index in [1.165, 1.54) is 0 Å². The molecule has 0 aromatic carbocycles. The minimum atomic E-state index is -0.555. The fourth-order valence-corrected chi connectivity index (χ4v) is 0.896. The standard InChI is InChI=1S/C9H18N2O4/c1-9(2,3)8(12)14-7-15-11(13)10-5-4-6-10/h13H,4-7H2,1-3H3. The molecular formula is C9H18N2O4. The average molecular weight is 218 g/mol. The lowest BCUT2D eigenvalue weighted by Crippen LogP contribution is -2.49. The van der Waals surface area contributed by atoms with Crippen LogP contribution in [0.3, 0.4) is 0 Å². The lowest BCUT2D eigenvalue weighted by Gasteiger charge is -2.34. The summed E-state index contributed by atoms with van der Waals surface area (Å²) in [4.78, 5) is 16.1. The Kier molecular flexibility index (Phi) is 4.04. The molecule has 0 atom stereocenters. The molecule has 0 spiro atoms. The number of rotatable bonds is 4. The zero-order valence-electron chi connectivity index (χ0n) is 9.39. The summed E-state index contributed by atoms with van der Waals surface area (Å²) < 4.78 is 4.81. The van der Waals surface area contributed by atoms with Crippen molar-refractivity contribution < 1.29 is 19.6 Å². The molecule has 0 aromatic heterocycles.